The molecule has 6 amide bonds. The summed E-state index contributed by atoms with van der Waals surface area (Å²) >= 11 is 0. The van der Waals surface area contributed by atoms with E-state index in [1.54, 1.807) is 29.4 Å². The number of piperidine rings is 1. The van der Waals surface area contributed by atoms with E-state index in [0.717, 1.165) is 16.2 Å². The Kier molecular flexibility index (Phi) is 11.6. The van der Waals surface area contributed by atoms with Crippen LogP contribution in [0.25, 0.3) is 11.5 Å². The van der Waals surface area contributed by atoms with Crippen molar-refractivity contribution in [2.45, 2.75) is 78.2 Å². The number of nitrogens with zero attached hydrogens (tertiary/aromatic N) is 8. The van der Waals surface area contributed by atoms with Gasteiger partial charge in [0, 0.05) is 69.9 Å². The molecule has 4 aromatic rings. The van der Waals surface area contributed by atoms with E-state index in [4.69, 9.17) is 9.97 Å². The summed E-state index contributed by atoms with van der Waals surface area (Å²) in [7, 11) is 1.94. The van der Waals surface area contributed by atoms with E-state index in [1.807, 2.05) is 41.6 Å². The highest BCUT2D eigenvalue weighted by atomic mass is 16.2. The van der Waals surface area contributed by atoms with E-state index in [2.05, 4.69) is 45.3 Å². The molecule has 0 radical (unpaired) electrons. The zero-order valence-electron chi connectivity index (χ0n) is 32.9. The minimum Gasteiger partial charge on any atom is -0.384 e. The molecule has 1 aromatic carbocycles. The third-order valence-electron chi connectivity index (χ3n) is 10.6. The van der Waals surface area contributed by atoms with Crippen molar-refractivity contribution in [3.63, 3.8) is 0 Å². The Labute approximate surface area is 334 Å². The molecule has 6 heterocycles. The standard InChI is InChI=1S/C40H46N12O6/c1-5-50-22-44-48-36(50)28-11-7-12-31(45-28)51-21-26-25(38(51)56)19-32(49(4)23(2)3)46-29(26)20-41-17-18-43-33(53)13-8-16-42-27-10-6-9-24-35(27)40(58)52(39(24)57)30-14-15-34(54)47-37(30)55/h6-7,9-12,19,22-23,30,41-42H,5,8,13-18,20-21H2,1-4H3,(H,43,53)(H,47,54,55). The lowest BCUT2D eigenvalue weighted by Gasteiger charge is -2.27. The number of aryl methyl sites for hydroxylation is 1. The van der Waals surface area contributed by atoms with Crippen LogP contribution in [0.2, 0.25) is 0 Å². The average Bonchev–Trinajstić information content (AvgIpc) is 3.90. The molecule has 3 aromatic heterocycles. The lowest BCUT2D eigenvalue weighted by molar-refractivity contribution is -0.136. The number of amides is 6. The summed E-state index contributed by atoms with van der Waals surface area (Å²) in [6.45, 7) is 8.65. The number of carbonyl (C=O) groups is 6. The number of hydrogen-bond acceptors (Lipinski definition) is 13. The molecule has 4 N–H and O–H groups in total. The number of fused-ring (bicyclic) bond motifs is 2. The Morgan fingerprint density at radius 2 is 1.79 bits per heavy atom. The molecular weight excluding hydrogens is 745 g/mol. The summed E-state index contributed by atoms with van der Waals surface area (Å²) in [5.74, 6) is -0.770. The normalized spacial score (nSPS) is 16.2. The fourth-order valence-electron chi connectivity index (χ4n) is 7.23. The van der Waals surface area contributed by atoms with Gasteiger partial charge < -0.3 is 25.4 Å². The number of imide groups is 2. The van der Waals surface area contributed by atoms with Crippen molar-refractivity contribution in [1.82, 2.24) is 45.6 Å². The fourth-order valence-corrected chi connectivity index (χ4v) is 7.23. The lowest BCUT2D eigenvalue weighted by Crippen LogP contribution is -2.54. The van der Waals surface area contributed by atoms with Gasteiger partial charge in [0.05, 0.1) is 28.9 Å². The first kappa shape index (κ1) is 39.7. The second kappa shape index (κ2) is 16.9. The van der Waals surface area contributed by atoms with E-state index >= 15 is 0 Å². The van der Waals surface area contributed by atoms with Gasteiger partial charge >= 0.3 is 0 Å². The summed E-state index contributed by atoms with van der Waals surface area (Å²) in [6.07, 6.45) is 2.44. The van der Waals surface area contributed by atoms with Crippen molar-refractivity contribution in [2.75, 3.05) is 41.8 Å². The van der Waals surface area contributed by atoms with Gasteiger partial charge in [-0.2, -0.15) is 0 Å². The van der Waals surface area contributed by atoms with Crippen molar-refractivity contribution in [3.05, 3.63) is 76.7 Å². The molecule has 1 unspecified atom stereocenters. The molecule has 302 valence electrons. The van der Waals surface area contributed by atoms with Crippen LogP contribution in [0, 0.1) is 0 Å². The van der Waals surface area contributed by atoms with Crippen LogP contribution >= 0.6 is 0 Å². The molecule has 18 nitrogen and oxygen atoms in total. The van der Waals surface area contributed by atoms with E-state index in [9.17, 15) is 28.8 Å². The van der Waals surface area contributed by atoms with E-state index in [-0.39, 0.29) is 48.2 Å². The molecule has 1 saturated heterocycles. The number of rotatable bonds is 16. The molecular formula is C40H46N12O6. The molecule has 18 heteroatoms. The Morgan fingerprint density at radius 1 is 0.983 bits per heavy atom. The number of benzene rings is 1. The number of anilines is 3. The minimum absolute atomic E-state index is 0.0401. The lowest BCUT2D eigenvalue weighted by atomic mass is 10.0. The third kappa shape index (κ3) is 7.87. The van der Waals surface area contributed by atoms with Crippen LogP contribution in [-0.2, 0) is 34.0 Å². The van der Waals surface area contributed by atoms with E-state index in [1.165, 1.54) is 6.07 Å². The van der Waals surface area contributed by atoms with Gasteiger partial charge in [0.1, 0.15) is 29.7 Å². The Morgan fingerprint density at radius 3 is 2.57 bits per heavy atom. The second-order valence-corrected chi connectivity index (χ2v) is 14.6. The van der Waals surface area contributed by atoms with Crippen LogP contribution in [0.5, 0.6) is 0 Å². The number of aromatic nitrogens is 5. The molecule has 0 saturated carbocycles. The molecule has 7 rings (SSSR count). The summed E-state index contributed by atoms with van der Waals surface area (Å²) < 4.78 is 1.89. The zero-order chi connectivity index (χ0) is 41.1. The van der Waals surface area contributed by atoms with Gasteiger partial charge in [0.25, 0.3) is 17.7 Å². The minimum atomic E-state index is -1.05. The molecule has 1 fully saturated rings. The zero-order valence-corrected chi connectivity index (χ0v) is 32.9. The number of nitrogens with one attached hydrogen (secondary N) is 4. The largest absolute Gasteiger partial charge is 0.384 e. The van der Waals surface area contributed by atoms with Gasteiger partial charge in [-0.05, 0) is 63.9 Å². The first-order valence-corrected chi connectivity index (χ1v) is 19.4. The van der Waals surface area contributed by atoms with Crippen LogP contribution in [-0.4, -0.2) is 104 Å². The molecule has 1 atom stereocenters. The number of pyridine rings is 2. The monoisotopic (exact) mass is 790 g/mol. The van der Waals surface area contributed by atoms with Gasteiger partial charge in [-0.3, -0.25) is 43.9 Å². The van der Waals surface area contributed by atoms with Crippen LogP contribution < -0.4 is 31.1 Å². The van der Waals surface area contributed by atoms with Gasteiger partial charge in [-0.15, -0.1) is 10.2 Å². The van der Waals surface area contributed by atoms with Gasteiger partial charge in [-0.25, -0.2) is 9.97 Å². The number of carbonyl (C=O) groups excluding carboxylic acids is 6. The maximum Gasteiger partial charge on any atom is 0.264 e. The molecule has 3 aliphatic rings. The Bertz CT molecular complexity index is 2290. The quantitative estimate of drug-likeness (QED) is 0.0948. The fraction of sp³-hybridized carbons (Fsp3) is 0.400. The molecule has 0 spiro atoms. The van der Waals surface area contributed by atoms with Crippen molar-refractivity contribution in [1.29, 1.82) is 0 Å². The average molecular weight is 791 g/mol. The number of hydrogen-bond donors (Lipinski definition) is 4. The van der Waals surface area contributed by atoms with Crippen molar-refractivity contribution in [3.8, 4) is 11.5 Å². The Balaban J connectivity index is 0.913. The highest BCUT2D eigenvalue weighted by Crippen LogP contribution is 2.34. The SMILES string of the molecule is CCn1cnnc1-c1cccc(N2Cc3c(cc(N(C)C(C)C)nc3CNCCNC(=O)CCCNc3cccc4c3C(=O)N(C3CCC(=O)NC3=O)C4=O)C2=O)n1. The van der Waals surface area contributed by atoms with Gasteiger partial charge in [0.2, 0.25) is 17.7 Å². The van der Waals surface area contributed by atoms with E-state index in [0.29, 0.717) is 80.1 Å². The predicted molar refractivity (Wildman–Crippen MR) is 213 cm³/mol. The third-order valence-corrected chi connectivity index (χ3v) is 10.6. The topological polar surface area (TPSA) is 217 Å². The summed E-state index contributed by atoms with van der Waals surface area (Å²) in [6, 6.07) is 11.3. The molecule has 0 aliphatic carbocycles. The van der Waals surface area contributed by atoms with Gasteiger partial charge in [-0.1, -0.05) is 12.1 Å². The van der Waals surface area contributed by atoms with Gasteiger partial charge in [0.15, 0.2) is 5.82 Å². The maximum atomic E-state index is 13.9. The van der Waals surface area contributed by atoms with Crippen molar-refractivity contribution < 1.29 is 28.8 Å². The first-order chi connectivity index (χ1) is 28.0. The van der Waals surface area contributed by atoms with Crippen molar-refractivity contribution >= 4 is 52.8 Å². The molecule has 0 bridgehead atoms. The van der Waals surface area contributed by atoms with Crippen LogP contribution in [0.1, 0.15) is 88.8 Å². The van der Waals surface area contributed by atoms with Crippen LogP contribution in [0.15, 0.2) is 48.8 Å². The predicted octanol–water partition coefficient (Wildman–Crippen LogP) is 2.26. The molecule has 58 heavy (non-hydrogen) atoms. The van der Waals surface area contributed by atoms with Crippen LogP contribution in [0.4, 0.5) is 17.3 Å². The Hall–Kier alpha value is -6.56. The van der Waals surface area contributed by atoms with E-state index < -0.39 is 29.7 Å². The van der Waals surface area contributed by atoms with Crippen LogP contribution in [0.3, 0.4) is 0 Å². The molecule has 3 aliphatic heterocycles. The summed E-state index contributed by atoms with van der Waals surface area (Å²) in [5.41, 5.74) is 3.54. The van der Waals surface area contributed by atoms with Crippen molar-refractivity contribution in [2.24, 2.45) is 0 Å². The highest BCUT2D eigenvalue weighted by molar-refractivity contribution is 6.25. The summed E-state index contributed by atoms with van der Waals surface area (Å²) in [4.78, 5) is 91.4. The first-order valence-electron chi connectivity index (χ1n) is 19.4. The maximum absolute atomic E-state index is 13.9. The smallest absolute Gasteiger partial charge is 0.264 e. The second-order valence-electron chi connectivity index (χ2n) is 14.6. The highest BCUT2D eigenvalue weighted by Gasteiger charge is 2.45. The summed E-state index contributed by atoms with van der Waals surface area (Å²) in [5, 5.41) is 19.9.